The molecular formula is C45H45NS4. The summed E-state index contributed by atoms with van der Waals surface area (Å²) >= 11 is 7.66. The van der Waals surface area contributed by atoms with Crippen molar-refractivity contribution < 1.29 is 0 Å². The molecule has 7 rings (SSSR count). The van der Waals surface area contributed by atoms with Gasteiger partial charge >= 0.3 is 0 Å². The molecule has 0 amide bonds. The summed E-state index contributed by atoms with van der Waals surface area (Å²) in [5.74, 6) is 0. The Labute approximate surface area is 314 Å². The van der Waals surface area contributed by atoms with E-state index in [0.29, 0.717) is 0 Å². The second-order valence-electron chi connectivity index (χ2n) is 14.1. The van der Waals surface area contributed by atoms with Crippen molar-refractivity contribution in [1.29, 1.82) is 0 Å². The van der Waals surface area contributed by atoms with Gasteiger partial charge in [0.15, 0.2) is 0 Å². The van der Waals surface area contributed by atoms with Gasteiger partial charge in [0, 0.05) is 56.1 Å². The molecule has 4 aromatic heterocycles. The number of rotatable bonds is 12. The number of aryl methyl sites for hydroxylation is 2. The van der Waals surface area contributed by atoms with Crippen LogP contribution in [0.5, 0.6) is 0 Å². The number of anilines is 3. The van der Waals surface area contributed by atoms with Crippen LogP contribution < -0.4 is 4.90 Å². The summed E-state index contributed by atoms with van der Waals surface area (Å²) in [7, 11) is 0. The summed E-state index contributed by atoms with van der Waals surface area (Å²) < 4.78 is 0. The van der Waals surface area contributed by atoms with Gasteiger partial charge in [-0.2, -0.15) is 0 Å². The number of unbranched alkanes of at least 4 members (excludes halogenated alkanes) is 3. The Morgan fingerprint density at radius 3 is 1.42 bits per heavy atom. The molecular weight excluding hydrogens is 683 g/mol. The molecule has 4 heterocycles. The smallest absolute Gasteiger partial charge is 0.0462 e. The van der Waals surface area contributed by atoms with E-state index in [1.54, 1.807) is 0 Å². The average Bonchev–Trinajstić information content (AvgIpc) is 3.95. The molecule has 5 heteroatoms. The first kappa shape index (κ1) is 34.7. The minimum absolute atomic E-state index is 0.120. The van der Waals surface area contributed by atoms with Crippen molar-refractivity contribution in [2.75, 3.05) is 4.90 Å². The lowest BCUT2D eigenvalue weighted by Gasteiger charge is -2.27. The van der Waals surface area contributed by atoms with Crippen LogP contribution in [-0.2, 0) is 11.8 Å². The summed E-state index contributed by atoms with van der Waals surface area (Å²) in [4.78, 5) is 13.3. The monoisotopic (exact) mass is 727 g/mol. The molecule has 0 radical (unpaired) electrons. The molecule has 0 unspecified atom stereocenters. The Morgan fingerprint density at radius 2 is 0.900 bits per heavy atom. The second kappa shape index (κ2) is 15.2. The fourth-order valence-corrected chi connectivity index (χ4v) is 10.6. The number of hydrogen-bond acceptors (Lipinski definition) is 5. The van der Waals surface area contributed by atoms with Crippen LogP contribution in [0.4, 0.5) is 17.1 Å². The molecule has 1 nitrogen and oxygen atoms in total. The number of benzene rings is 3. The second-order valence-corrected chi connectivity index (χ2v) is 18.5. The highest BCUT2D eigenvalue weighted by Crippen LogP contribution is 2.45. The predicted molar refractivity (Wildman–Crippen MR) is 226 cm³/mol. The molecule has 7 aromatic rings. The molecule has 0 spiro atoms. The molecule has 0 aliphatic rings. The minimum Gasteiger partial charge on any atom is -0.311 e. The van der Waals surface area contributed by atoms with Crippen molar-refractivity contribution in [3.8, 4) is 39.7 Å². The summed E-state index contributed by atoms with van der Waals surface area (Å²) in [5, 5.41) is 0. The highest BCUT2D eigenvalue weighted by molar-refractivity contribution is 7.29. The third-order valence-electron chi connectivity index (χ3n) is 9.18. The van der Waals surface area contributed by atoms with E-state index in [0.717, 1.165) is 17.1 Å². The Morgan fingerprint density at radius 1 is 0.460 bits per heavy atom. The lowest BCUT2D eigenvalue weighted by molar-refractivity contribution is 0.590. The van der Waals surface area contributed by atoms with E-state index in [2.05, 4.69) is 161 Å². The summed E-state index contributed by atoms with van der Waals surface area (Å²) in [6.07, 6.45) is 6.49. The van der Waals surface area contributed by atoms with E-state index >= 15 is 0 Å². The topological polar surface area (TPSA) is 3.24 Å². The van der Waals surface area contributed by atoms with E-state index < -0.39 is 0 Å². The SMILES string of the molecule is CCCCCCc1ccc(-c2ccc(-c3ccc(-c4ccc(-c5ccc(N(c6ccc(C)cc6)c6ccc(C(C)(C)C)cc6)cc5)s4)s3)s2)s1. The zero-order valence-corrected chi connectivity index (χ0v) is 32.9. The number of nitrogens with zero attached hydrogens (tertiary/aromatic N) is 1. The molecule has 254 valence electrons. The van der Waals surface area contributed by atoms with E-state index in [4.69, 9.17) is 0 Å². The molecule has 0 aliphatic heterocycles. The fourth-order valence-electron chi connectivity index (χ4n) is 6.23. The van der Waals surface area contributed by atoms with Crippen molar-refractivity contribution in [1.82, 2.24) is 0 Å². The molecule has 0 saturated carbocycles. The third kappa shape index (κ3) is 7.92. The molecule has 50 heavy (non-hydrogen) atoms. The van der Waals surface area contributed by atoms with Crippen LogP contribution in [0.3, 0.4) is 0 Å². The molecule has 0 saturated heterocycles. The Balaban J connectivity index is 1.07. The van der Waals surface area contributed by atoms with E-state index in [1.807, 2.05) is 45.3 Å². The van der Waals surface area contributed by atoms with Crippen molar-refractivity contribution in [2.45, 2.75) is 72.1 Å². The van der Waals surface area contributed by atoms with Gasteiger partial charge in [-0.05, 0) is 121 Å². The third-order valence-corrected chi connectivity index (χ3v) is 14.2. The Hall–Kier alpha value is -3.74. The van der Waals surface area contributed by atoms with Gasteiger partial charge in [-0.1, -0.05) is 88.9 Å². The molecule has 0 N–H and O–H groups in total. The van der Waals surface area contributed by atoms with Crippen molar-refractivity contribution >= 4 is 62.4 Å². The van der Waals surface area contributed by atoms with Gasteiger partial charge in [-0.25, -0.2) is 0 Å². The maximum atomic E-state index is 2.35. The van der Waals surface area contributed by atoms with Gasteiger partial charge in [0.2, 0.25) is 0 Å². The van der Waals surface area contributed by atoms with Gasteiger partial charge in [-0.15, -0.1) is 45.3 Å². The Kier molecular flexibility index (Phi) is 10.6. The summed E-state index contributed by atoms with van der Waals surface area (Å²) in [6, 6.07) is 45.3. The quantitative estimate of drug-likeness (QED) is 0.113. The van der Waals surface area contributed by atoms with E-state index in [-0.39, 0.29) is 5.41 Å². The van der Waals surface area contributed by atoms with Crippen molar-refractivity contribution in [2.24, 2.45) is 0 Å². The summed E-state index contributed by atoms with van der Waals surface area (Å²) in [6.45, 7) is 11.2. The molecule has 3 aromatic carbocycles. The van der Waals surface area contributed by atoms with Gasteiger partial charge in [-0.3, -0.25) is 0 Å². The van der Waals surface area contributed by atoms with Crippen LogP contribution in [-0.4, -0.2) is 0 Å². The zero-order valence-electron chi connectivity index (χ0n) is 29.7. The van der Waals surface area contributed by atoms with Crippen LogP contribution in [0.25, 0.3) is 39.7 Å². The molecule has 0 fully saturated rings. The van der Waals surface area contributed by atoms with Gasteiger partial charge in [0.25, 0.3) is 0 Å². The zero-order chi connectivity index (χ0) is 34.7. The van der Waals surface area contributed by atoms with Gasteiger partial charge < -0.3 is 4.90 Å². The minimum atomic E-state index is 0.120. The van der Waals surface area contributed by atoms with Crippen LogP contribution in [0, 0.1) is 6.92 Å². The normalized spacial score (nSPS) is 11.7. The van der Waals surface area contributed by atoms with Gasteiger partial charge in [0.05, 0.1) is 0 Å². The maximum Gasteiger partial charge on any atom is 0.0462 e. The fraction of sp³-hybridized carbons (Fsp3) is 0.244. The summed E-state index contributed by atoms with van der Waals surface area (Å²) in [5.41, 5.74) is 7.45. The lowest BCUT2D eigenvalue weighted by Crippen LogP contribution is -2.13. The van der Waals surface area contributed by atoms with Crippen LogP contribution in [0.1, 0.15) is 69.4 Å². The van der Waals surface area contributed by atoms with E-state index in [9.17, 15) is 0 Å². The number of hydrogen-bond donors (Lipinski definition) is 0. The van der Waals surface area contributed by atoms with Crippen molar-refractivity contribution in [3.05, 3.63) is 137 Å². The van der Waals surface area contributed by atoms with E-state index in [1.165, 1.54) is 87.8 Å². The largest absolute Gasteiger partial charge is 0.311 e. The average molecular weight is 728 g/mol. The first-order valence-corrected chi connectivity index (χ1v) is 21.0. The van der Waals surface area contributed by atoms with Crippen LogP contribution in [0.2, 0.25) is 0 Å². The molecule has 0 bridgehead atoms. The molecule has 0 atom stereocenters. The predicted octanol–water partition coefficient (Wildman–Crippen LogP) is 15.8. The highest BCUT2D eigenvalue weighted by atomic mass is 32.1. The van der Waals surface area contributed by atoms with Crippen LogP contribution in [0.15, 0.2) is 121 Å². The first-order valence-electron chi connectivity index (χ1n) is 17.7. The highest BCUT2D eigenvalue weighted by Gasteiger charge is 2.17. The lowest BCUT2D eigenvalue weighted by atomic mass is 9.87. The van der Waals surface area contributed by atoms with Crippen molar-refractivity contribution in [3.63, 3.8) is 0 Å². The van der Waals surface area contributed by atoms with Crippen LogP contribution >= 0.6 is 45.3 Å². The Bertz CT molecular complexity index is 2130. The molecule has 0 aliphatic carbocycles. The maximum absolute atomic E-state index is 2.35. The first-order chi connectivity index (χ1) is 24.2. The van der Waals surface area contributed by atoms with Gasteiger partial charge in [0.1, 0.15) is 0 Å². The number of thiophene rings is 4. The standard InChI is InChI=1S/C45H45NS4/c1-6-7-8-9-10-37-23-24-39(47-37)40-27-28-43(49-40)44-30-29-42(50-44)41-26-25-38(48-41)32-13-19-35(20-14-32)46(34-17-11-31(2)12-18-34)36-21-15-33(16-22-36)45(3,4)5/h11-30H,6-10H2,1-5H3.